The van der Waals surface area contributed by atoms with Crippen molar-refractivity contribution >= 4 is 33.1 Å². The number of fused-ring (bicyclic) bond motifs is 2. The smallest absolute Gasteiger partial charge is 0.130 e. The average molecular weight is 411 g/mol. The maximum atomic E-state index is 4.58. The zero-order valence-corrected chi connectivity index (χ0v) is 18.7. The summed E-state index contributed by atoms with van der Waals surface area (Å²) in [5.74, 6) is 0.928. The van der Waals surface area contributed by atoms with E-state index in [-0.39, 0.29) is 0 Å². The Kier molecular flexibility index (Phi) is 7.55. The molecule has 1 heterocycles. The first-order chi connectivity index (χ1) is 15.3. The third kappa shape index (κ3) is 5.85. The van der Waals surface area contributed by atoms with Crippen LogP contribution in [0.3, 0.4) is 0 Å². The molecular weight excluding hydrogens is 376 g/mol. The minimum atomic E-state index is 0.928. The van der Waals surface area contributed by atoms with Crippen molar-refractivity contribution in [3.8, 4) is 0 Å². The fraction of sp³-hybridized carbons (Fsp3) is 0.345. The predicted molar refractivity (Wildman–Crippen MR) is 135 cm³/mol. The van der Waals surface area contributed by atoms with E-state index in [0.717, 1.165) is 17.9 Å². The average Bonchev–Trinajstić information content (AvgIpc) is 2.80. The van der Waals surface area contributed by atoms with Crippen LogP contribution >= 0.6 is 0 Å². The van der Waals surface area contributed by atoms with Crippen molar-refractivity contribution in [2.24, 2.45) is 0 Å². The minimum Gasteiger partial charge on any atom is -0.340 e. The van der Waals surface area contributed by atoms with Crippen LogP contribution in [0.25, 0.3) is 21.5 Å². The number of unbranched alkanes of at least 4 members (excludes halogenated alkanes) is 7. The summed E-state index contributed by atoms with van der Waals surface area (Å²) in [6.45, 7) is 2.28. The summed E-state index contributed by atoms with van der Waals surface area (Å²) < 4.78 is 0. The summed E-state index contributed by atoms with van der Waals surface area (Å²) in [7, 11) is 0. The number of benzene rings is 3. The van der Waals surface area contributed by atoms with E-state index in [4.69, 9.17) is 0 Å². The highest BCUT2D eigenvalue weighted by Crippen LogP contribution is 2.30. The summed E-state index contributed by atoms with van der Waals surface area (Å²) in [5.41, 5.74) is 2.48. The lowest BCUT2D eigenvalue weighted by atomic mass is 10.0. The molecule has 0 saturated carbocycles. The van der Waals surface area contributed by atoms with E-state index in [2.05, 4.69) is 84.0 Å². The van der Waals surface area contributed by atoms with Crippen LogP contribution in [0.1, 0.15) is 63.9 Å². The molecule has 2 nitrogen and oxygen atoms in total. The third-order valence-electron chi connectivity index (χ3n) is 6.15. The Morgan fingerprint density at radius 2 is 1.39 bits per heavy atom. The van der Waals surface area contributed by atoms with Crippen molar-refractivity contribution < 1.29 is 0 Å². The minimum absolute atomic E-state index is 0.928. The lowest BCUT2D eigenvalue weighted by Gasteiger charge is -2.11. The largest absolute Gasteiger partial charge is 0.340 e. The summed E-state index contributed by atoms with van der Waals surface area (Å²) in [6, 6.07) is 23.9. The Morgan fingerprint density at radius 1 is 0.677 bits per heavy atom. The van der Waals surface area contributed by atoms with Gasteiger partial charge in [-0.3, -0.25) is 0 Å². The molecule has 31 heavy (non-hydrogen) atoms. The third-order valence-corrected chi connectivity index (χ3v) is 6.15. The number of pyridine rings is 1. The number of aromatic nitrogens is 1. The van der Waals surface area contributed by atoms with Gasteiger partial charge in [-0.1, -0.05) is 88.3 Å². The molecular formula is C29H34N2. The van der Waals surface area contributed by atoms with Crippen molar-refractivity contribution in [1.82, 2.24) is 4.98 Å². The SMILES string of the molecule is CCCCCCCCCCc1ccnc(Nc2cccc3cc4ccccc4cc23)c1. The molecule has 2 heteroatoms. The van der Waals surface area contributed by atoms with E-state index in [1.54, 1.807) is 0 Å². The van der Waals surface area contributed by atoms with Crippen LogP contribution in [-0.4, -0.2) is 4.98 Å². The van der Waals surface area contributed by atoms with Gasteiger partial charge in [0.15, 0.2) is 0 Å². The molecule has 0 fully saturated rings. The van der Waals surface area contributed by atoms with Crippen molar-refractivity contribution in [3.63, 3.8) is 0 Å². The first-order valence-corrected chi connectivity index (χ1v) is 12.0. The van der Waals surface area contributed by atoms with Crippen molar-refractivity contribution in [2.75, 3.05) is 5.32 Å². The summed E-state index contributed by atoms with van der Waals surface area (Å²) >= 11 is 0. The summed E-state index contributed by atoms with van der Waals surface area (Å²) in [6.07, 6.45) is 13.9. The Hall–Kier alpha value is -2.87. The van der Waals surface area contributed by atoms with E-state index in [9.17, 15) is 0 Å². The molecule has 0 aliphatic rings. The zero-order chi connectivity index (χ0) is 21.3. The molecule has 3 aromatic carbocycles. The number of rotatable bonds is 11. The Balaban J connectivity index is 1.39. The maximum Gasteiger partial charge on any atom is 0.130 e. The first-order valence-electron chi connectivity index (χ1n) is 12.0. The molecule has 0 bridgehead atoms. The number of hydrogen-bond acceptors (Lipinski definition) is 2. The molecule has 1 aromatic heterocycles. The van der Waals surface area contributed by atoms with Gasteiger partial charge in [0.1, 0.15) is 5.82 Å². The fourth-order valence-electron chi connectivity index (χ4n) is 4.37. The first kappa shape index (κ1) is 21.4. The van der Waals surface area contributed by atoms with E-state index in [1.807, 2.05) is 6.20 Å². The van der Waals surface area contributed by atoms with Gasteiger partial charge in [0, 0.05) is 17.3 Å². The molecule has 160 valence electrons. The molecule has 0 unspecified atom stereocenters. The summed E-state index contributed by atoms with van der Waals surface area (Å²) in [5, 5.41) is 8.59. The molecule has 0 amide bonds. The fourth-order valence-corrected chi connectivity index (χ4v) is 4.37. The highest BCUT2D eigenvalue weighted by molar-refractivity contribution is 6.04. The Labute approximate surface area is 186 Å². The predicted octanol–water partition coefficient (Wildman–Crippen LogP) is 8.81. The molecule has 0 aliphatic heterocycles. The van der Waals surface area contributed by atoms with Crippen LogP contribution in [0, 0.1) is 0 Å². The number of nitrogens with zero attached hydrogens (tertiary/aromatic N) is 1. The molecule has 0 spiro atoms. The molecule has 0 atom stereocenters. The second kappa shape index (κ2) is 10.9. The van der Waals surface area contributed by atoms with Crippen LogP contribution < -0.4 is 5.32 Å². The van der Waals surface area contributed by atoms with Gasteiger partial charge in [-0.15, -0.1) is 0 Å². The highest BCUT2D eigenvalue weighted by atomic mass is 15.0. The van der Waals surface area contributed by atoms with Crippen LogP contribution in [-0.2, 0) is 6.42 Å². The molecule has 1 N–H and O–H groups in total. The molecule has 0 saturated heterocycles. The van der Waals surface area contributed by atoms with Crippen LogP contribution in [0.4, 0.5) is 11.5 Å². The van der Waals surface area contributed by atoms with Crippen LogP contribution in [0.15, 0.2) is 72.9 Å². The van der Waals surface area contributed by atoms with E-state index in [0.29, 0.717) is 0 Å². The van der Waals surface area contributed by atoms with Gasteiger partial charge in [-0.25, -0.2) is 4.98 Å². The van der Waals surface area contributed by atoms with E-state index >= 15 is 0 Å². The van der Waals surface area contributed by atoms with Crippen LogP contribution in [0.5, 0.6) is 0 Å². The highest BCUT2D eigenvalue weighted by Gasteiger charge is 2.05. The second-order valence-electron chi connectivity index (χ2n) is 8.63. The van der Waals surface area contributed by atoms with Gasteiger partial charge in [0.25, 0.3) is 0 Å². The standard InChI is InChI=1S/C29H34N2/c1-2-3-4-5-6-7-8-9-13-23-18-19-30-29(20-23)31-28-17-12-16-26-21-24-14-10-11-15-25(24)22-27(26)28/h10-12,14-22H,2-9,13H2,1H3,(H,30,31). The van der Waals surface area contributed by atoms with E-state index < -0.39 is 0 Å². The number of nitrogens with one attached hydrogen (secondary N) is 1. The zero-order valence-electron chi connectivity index (χ0n) is 18.7. The van der Waals surface area contributed by atoms with Crippen molar-refractivity contribution in [1.29, 1.82) is 0 Å². The van der Waals surface area contributed by atoms with Gasteiger partial charge in [0.2, 0.25) is 0 Å². The van der Waals surface area contributed by atoms with Gasteiger partial charge < -0.3 is 5.32 Å². The summed E-state index contributed by atoms with van der Waals surface area (Å²) in [4.78, 5) is 4.58. The molecule has 4 aromatic rings. The Bertz CT molecular complexity index is 1120. The van der Waals surface area contributed by atoms with Gasteiger partial charge in [-0.05, 0) is 64.9 Å². The Morgan fingerprint density at radius 3 is 2.19 bits per heavy atom. The molecule has 0 aliphatic carbocycles. The quantitative estimate of drug-likeness (QED) is 0.197. The molecule has 0 radical (unpaired) electrons. The van der Waals surface area contributed by atoms with Gasteiger partial charge >= 0.3 is 0 Å². The monoisotopic (exact) mass is 410 g/mol. The van der Waals surface area contributed by atoms with Crippen molar-refractivity contribution in [2.45, 2.75) is 64.7 Å². The maximum absolute atomic E-state index is 4.58. The van der Waals surface area contributed by atoms with Gasteiger partial charge in [-0.2, -0.15) is 0 Å². The molecule has 4 rings (SSSR count). The van der Waals surface area contributed by atoms with Crippen LogP contribution in [0.2, 0.25) is 0 Å². The number of hydrogen-bond donors (Lipinski definition) is 1. The van der Waals surface area contributed by atoms with Gasteiger partial charge in [0.05, 0.1) is 0 Å². The number of anilines is 2. The van der Waals surface area contributed by atoms with E-state index in [1.165, 1.54) is 78.5 Å². The lowest BCUT2D eigenvalue weighted by Crippen LogP contribution is -1.96. The topological polar surface area (TPSA) is 24.9 Å². The van der Waals surface area contributed by atoms with Crippen molar-refractivity contribution in [3.05, 3.63) is 78.5 Å². The second-order valence-corrected chi connectivity index (χ2v) is 8.63. The normalized spacial score (nSPS) is 11.3. The lowest BCUT2D eigenvalue weighted by molar-refractivity contribution is 0.575. The number of aryl methyl sites for hydroxylation is 1.